The van der Waals surface area contributed by atoms with Gasteiger partial charge in [-0.25, -0.2) is 0 Å². The summed E-state index contributed by atoms with van der Waals surface area (Å²) in [4.78, 5) is 0. The molecule has 0 aliphatic rings. The molecule has 0 N–H and O–H groups in total. The molecule has 0 bridgehead atoms. The molecule has 0 atom stereocenters. The Morgan fingerprint density at radius 2 is 1.04 bits per heavy atom. The van der Waals surface area contributed by atoms with Crippen LogP contribution >= 0.6 is 11.1 Å². The van der Waals surface area contributed by atoms with E-state index in [0.717, 1.165) is 0 Å². The van der Waals surface area contributed by atoms with E-state index in [9.17, 15) is 0 Å². The fourth-order valence-corrected chi connectivity index (χ4v) is 7.94. The Kier molecular flexibility index (Phi) is 12.7. The lowest BCUT2D eigenvalue weighted by Gasteiger charge is -2.25. The van der Waals surface area contributed by atoms with Crippen LogP contribution in [0.3, 0.4) is 0 Å². The highest BCUT2D eigenvalue weighted by Gasteiger charge is 2.31. The minimum atomic E-state index is -1.79. The van der Waals surface area contributed by atoms with E-state index in [1.807, 2.05) is 0 Å². The lowest BCUT2D eigenvalue weighted by Crippen LogP contribution is -2.41. The molecule has 0 saturated heterocycles. The van der Waals surface area contributed by atoms with Crippen LogP contribution in [0.15, 0.2) is 30.3 Å². The molecule has 24 heavy (non-hydrogen) atoms. The third kappa shape index (κ3) is 9.27. The number of rotatable bonds is 15. The Labute approximate surface area is 157 Å². The summed E-state index contributed by atoms with van der Waals surface area (Å²) in [5, 5.41) is 1.47. The van der Waals surface area contributed by atoms with Gasteiger partial charge in [-0.05, 0) is 17.3 Å². The number of unbranched alkanes of at least 4 members (excludes halogenated alkanes) is 10. The monoisotopic (exact) mass is 366 g/mol. The molecule has 0 saturated carbocycles. The number of hydrogen-bond donors (Lipinski definition) is 0. The average Bonchev–Trinajstić information content (AvgIpc) is 2.62. The summed E-state index contributed by atoms with van der Waals surface area (Å²) in [6.45, 7) is 4.57. The third-order valence-corrected chi connectivity index (χ3v) is 10.6. The van der Waals surface area contributed by atoms with Crippen LogP contribution in [-0.2, 0) is 0 Å². The van der Waals surface area contributed by atoms with Crippen LogP contribution in [0.25, 0.3) is 0 Å². The van der Waals surface area contributed by atoms with Gasteiger partial charge < -0.3 is 0 Å². The van der Waals surface area contributed by atoms with Crippen molar-refractivity contribution < 1.29 is 0 Å². The van der Waals surface area contributed by atoms with Gasteiger partial charge in [0.1, 0.15) is 0 Å². The topological polar surface area (TPSA) is 0 Å². The Morgan fingerprint density at radius 1 is 0.625 bits per heavy atom. The standard InChI is InChI=1S/C22H39ClSi/c1-3-5-7-9-11-16-20-24(23,22-18-14-13-15-19-22)21-17-12-10-8-6-4-2/h13-15,18-19H,3-12,16-17,20-21H2,1-2H3. The van der Waals surface area contributed by atoms with E-state index >= 15 is 0 Å². The molecule has 0 aliphatic heterocycles. The second-order valence-electron chi connectivity index (χ2n) is 7.37. The lowest BCUT2D eigenvalue weighted by molar-refractivity contribution is 0.617. The van der Waals surface area contributed by atoms with Crippen molar-refractivity contribution >= 4 is 23.6 Å². The van der Waals surface area contributed by atoms with Crippen molar-refractivity contribution in [1.29, 1.82) is 0 Å². The fourth-order valence-electron chi connectivity index (χ4n) is 3.52. The molecular formula is C22H39ClSi. The largest absolute Gasteiger partial charge is 0.186 e. The Hall–Kier alpha value is -0.273. The average molecular weight is 367 g/mol. The highest BCUT2D eigenvalue weighted by molar-refractivity contribution is 7.27. The molecule has 0 fully saturated rings. The van der Waals surface area contributed by atoms with Gasteiger partial charge in [-0.15, -0.1) is 0 Å². The number of benzene rings is 1. The van der Waals surface area contributed by atoms with E-state index in [-0.39, 0.29) is 0 Å². The van der Waals surface area contributed by atoms with E-state index < -0.39 is 7.38 Å². The van der Waals surface area contributed by atoms with E-state index in [1.54, 1.807) is 0 Å². The first kappa shape index (κ1) is 21.8. The molecule has 1 aromatic rings. The Balaban J connectivity index is 2.42. The Morgan fingerprint density at radius 3 is 1.50 bits per heavy atom. The molecule has 2 heteroatoms. The van der Waals surface area contributed by atoms with Crippen LogP contribution in [-0.4, -0.2) is 7.38 Å². The Bertz CT molecular complexity index is 374. The van der Waals surface area contributed by atoms with E-state index in [2.05, 4.69) is 44.2 Å². The van der Waals surface area contributed by atoms with Crippen molar-refractivity contribution in [1.82, 2.24) is 0 Å². The highest BCUT2D eigenvalue weighted by atomic mass is 35.6. The molecule has 1 rings (SSSR count). The van der Waals surface area contributed by atoms with Gasteiger partial charge in [0.15, 0.2) is 7.38 Å². The molecule has 0 unspecified atom stereocenters. The van der Waals surface area contributed by atoms with E-state index in [1.165, 1.54) is 94.3 Å². The smallest absolute Gasteiger partial charge is 0.161 e. The highest BCUT2D eigenvalue weighted by Crippen LogP contribution is 2.27. The molecule has 0 aromatic heterocycles. The van der Waals surface area contributed by atoms with Gasteiger partial charge in [0, 0.05) is 0 Å². The quantitative estimate of drug-likeness (QED) is 0.169. The van der Waals surface area contributed by atoms with Crippen LogP contribution in [0.4, 0.5) is 0 Å². The minimum Gasteiger partial charge on any atom is -0.161 e. The first-order valence-corrected chi connectivity index (χ1v) is 13.9. The van der Waals surface area contributed by atoms with Gasteiger partial charge >= 0.3 is 0 Å². The second-order valence-corrected chi connectivity index (χ2v) is 13.0. The lowest BCUT2D eigenvalue weighted by atomic mass is 10.1. The van der Waals surface area contributed by atoms with Crippen molar-refractivity contribution in [3.63, 3.8) is 0 Å². The summed E-state index contributed by atoms with van der Waals surface area (Å²) in [6.07, 6.45) is 16.4. The van der Waals surface area contributed by atoms with Gasteiger partial charge in [0.25, 0.3) is 0 Å². The summed E-state index contributed by atoms with van der Waals surface area (Å²) in [6, 6.07) is 13.6. The van der Waals surface area contributed by atoms with E-state index in [4.69, 9.17) is 11.1 Å². The van der Waals surface area contributed by atoms with Crippen LogP contribution in [0.1, 0.15) is 90.9 Å². The summed E-state index contributed by atoms with van der Waals surface area (Å²) < 4.78 is 0. The molecule has 0 radical (unpaired) electrons. The molecule has 0 amide bonds. The van der Waals surface area contributed by atoms with Crippen LogP contribution in [0.2, 0.25) is 12.1 Å². The van der Waals surface area contributed by atoms with Crippen LogP contribution in [0.5, 0.6) is 0 Å². The van der Waals surface area contributed by atoms with Crippen molar-refractivity contribution in [3.8, 4) is 0 Å². The molecular weight excluding hydrogens is 328 g/mol. The zero-order valence-electron chi connectivity index (χ0n) is 16.2. The van der Waals surface area contributed by atoms with Gasteiger partial charge in [0.2, 0.25) is 0 Å². The molecule has 138 valence electrons. The van der Waals surface area contributed by atoms with Crippen LogP contribution < -0.4 is 5.19 Å². The molecule has 0 aliphatic carbocycles. The normalized spacial score (nSPS) is 11.8. The fraction of sp³-hybridized carbons (Fsp3) is 0.727. The maximum Gasteiger partial charge on any atom is 0.186 e. The summed E-state index contributed by atoms with van der Waals surface area (Å²) in [5.41, 5.74) is 0. The molecule has 0 spiro atoms. The SMILES string of the molecule is CCCCCCCC[Si](Cl)(CCCCCCCC)c1ccccc1. The molecule has 0 heterocycles. The zero-order chi connectivity index (χ0) is 17.5. The van der Waals surface area contributed by atoms with Crippen molar-refractivity contribution in [2.75, 3.05) is 0 Å². The third-order valence-electron chi connectivity index (χ3n) is 5.14. The van der Waals surface area contributed by atoms with Gasteiger partial charge in [-0.1, -0.05) is 121 Å². The van der Waals surface area contributed by atoms with E-state index in [0.29, 0.717) is 0 Å². The number of hydrogen-bond acceptors (Lipinski definition) is 0. The summed E-state index contributed by atoms with van der Waals surface area (Å²) in [7, 11) is -1.79. The van der Waals surface area contributed by atoms with Crippen molar-refractivity contribution in [2.45, 2.75) is 103 Å². The predicted octanol–water partition coefficient (Wildman–Crippen LogP) is 7.80. The summed E-state index contributed by atoms with van der Waals surface area (Å²) >= 11 is 7.28. The maximum absolute atomic E-state index is 7.28. The van der Waals surface area contributed by atoms with Crippen molar-refractivity contribution in [2.24, 2.45) is 0 Å². The van der Waals surface area contributed by atoms with Gasteiger partial charge in [-0.2, -0.15) is 11.1 Å². The summed E-state index contributed by atoms with van der Waals surface area (Å²) in [5.74, 6) is 0. The number of halogens is 1. The first-order chi connectivity index (χ1) is 11.7. The zero-order valence-corrected chi connectivity index (χ0v) is 17.9. The first-order valence-electron chi connectivity index (χ1n) is 10.5. The van der Waals surface area contributed by atoms with Gasteiger partial charge in [-0.3, -0.25) is 0 Å². The van der Waals surface area contributed by atoms with Gasteiger partial charge in [0.05, 0.1) is 0 Å². The minimum absolute atomic E-state index is 1.26. The second kappa shape index (κ2) is 14.0. The molecule has 1 aromatic carbocycles. The van der Waals surface area contributed by atoms with Crippen LogP contribution in [0, 0.1) is 0 Å². The molecule has 0 nitrogen and oxygen atoms in total. The van der Waals surface area contributed by atoms with Crippen molar-refractivity contribution in [3.05, 3.63) is 30.3 Å². The predicted molar refractivity (Wildman–Crippen MR) is 114 cm³/mol. The maximum atomic E-state index is 7.28.